The minimum absolute atomic E-state index is 0.307. The second kappa shape index (κ2) is 5.69. The summed E-state index contributed by atoms with van der Waals surface area (Å²) in [7, 11) is 1.51. The van der Waals surface area contributed by atoms with Crippen LogP contribution in [0.15, 0.2) is 18.2 Å². The molecule has 0 spiro atoms. The highest BCUT2D eigenvalue weighted by atomic mass is 19.1. The minimum Gasteiger partial charge on any atom is -0.496 e. The van der Waals surface area contributed by atoms with E-state index in [9.17, 15) is 4.39 Å². The highest BCUT2D eigenvalue weighted by Gasteiger charge is 2.21. The number of benzene rings is 1. The summed E-state index contributed by atoms with van der Waals surface area (Å²) < 4.78 is 19.2. The number of rotatable bonds is 3. The first-order valence-corrected chi connectivity index (χ1v) is 6.92. The molecule has 1 aromatic carbocycles. The second-order valence-electron chi connectivity index (χ2n) is 5.10. The molecule has 1 saturated heterocycles. The van der Waals surface area contributed by atoms with E-state index in [1.54, 1.807) is 12.1 Å². The third-order valence-electron chi connectivity index (χ3n) is 3.56. The summed E-state index contributed by atoms with van der Waals surface area (Å²) in [6.45, 7) is 4.65. The lowest BCUT2D eigenvalue weighted by atomic mass is 10.2. The van der Waals surface area contributed by atoms with Gasteiger partial charge in [-0.3, -0.25) is 5.10 Å². The van der Waals surface area contributed by atoms with E-state index in [2.05, 4.69) is 32.3 Å². The zero-order valence-corrected chi connectivity index (χ0v) is 12.1. The summed E-state index contributed by atoms with van der Waals surface area (Å²) in [5.74, 6) is 1.02. The summed E-state index contributed by atoms with van der Waals surface area (Å²) in [4.78, 5) is 6.50. The first-order valence-electron chi connectivity index (χ1n) is 6.92. The quantitative estimate of drug-likeness (QED) is 0.895. The Labute approximate surface area is 122 Å². The van der Waals surface area contributed by atoms with Gasteiger partial charge in [-0.2, -0.15) is 4.98 Å². The van der Waals surface area contributed by atoms with E-state index in [1.165, 1.54) is 13.2 Å². The van der Waals surface area contributed by atoms with Gasteiger partial charge < -0.3 is 15.0 Å². The smallest absolute Gasteiger partial charge is 0.245 e. The monoisotopic (exact) mass is 291 g/mol. The van der Waals surface area contributed by atoms with E-state index < -0.39 is 0 Å². The van der Waals surface area contributed by atoms with Crippen LogP contribution in [0.3, 0.4) is 0 Å². The van der Waals surface area contributed by atoms with Crippen molar-refractivity contribution in [2.45, 2.75) is 13.0 Å². The maximum atomic E-state index is 14.0. The van der Waals surface area contributed by atoms with Crippen LogP contribution >= 0.6 is 0 Å². The lowest BCUT2D eigenvalue weighted by Crippen LogP contribution is -2.49. The molecule has 3 rings (SSSR count). The summed E-state index contributed by atoms with van der Waals surface area (Å²) in [5, 5.41) is 10.4. The highest BCUT2D eigenvalue weighted by molar-refractivity contribution is 5.65. The largest absolute Gasteiger partial charge is 0.496 e. The molecule has 7 heteroatoms. The predicted octanol–water partition coefficient (Wildman–Crippen LogP) is 1.42. The summed E-state index contributed by atoms with van der Waals surface area (Å²) in [5.41, 5.74) is 0.307. The molecule has 0 saturated carbocycles. The molecule has 2 N–H and O–H groups in total. The molecule has 0 bridgehead atoms. The Morgan fingerprint density at radius 2 is 2.29 bits per heavy atom. The Kier molecular flexibility index (Phi) is 3.74. The Bertz CT molecular complexity index is 630. The average Bonchev–Trinajstić information content (AvgIpc) is 2.96. The molecule has 0 amide bonds. The van der Waals surface area contributed by atoms with Gasteiger partial charge in [0.25, 0.3) is 0 Å². The normalized spacial score (nSPS) is 18.8. The van der Waals surface area contributed by atoms with E-state index in [0.717, 1.165) is 19.6 Å². The molecular formula is C14H18FN5O. The van der Waals surface area contributed by atoms with Gasteiger partial charge in [-0.05, 0) is 19.1 Å². The number of ether oxygens (including phenoxy) is 1. The van der Waals surface area contributed by atoms with Crippen LogP contribution in [0.2, 0.25) is 0 Å². The van der Waals surface area contributed by atoms with E-state index >= 15 is 0 Å². The van der Waals surface area contributed by atoms with Gasteiger partial charge >= 0.3 is 0 Å². The number of piperazine rings is 1. The Morgan fingerprint density at radius 1 is 1.43 bits per heavy atom. The SMILES string of the molecule is COc1cccc(F)c1-c1nc(N2CCN[C@@H](C)C2)n[nH]1. The third kappa shape index (κ3) is 2.69. The van der Waals surface area contributed by atoms with Crippen molar-refractivity contribution in [1.82, 2.24) is 20.5 Å². The fourth-order valence-electron chi connectivity index (χ4n) is 2.52. The molecule has 21 heavy (non-hydrogen) atoms. The minimum atomic E-state index is -0.384. The van der Waals surface area contributed by atoms with E-state index in [-0.39, 0.29) is 5.82 Å². The van der Waals surface area contributed by atoms with Crippen LogP contribution < -0.4 is 15.0 Å². The van der Waals surface area contributed by atoms with Crippen LogP contribution in [-0.4, -0.2) is 48.0 Å². The zero-order valence-electron chi connectivity index (χ0n) is 12.1. The van der Waals surface area contributed by atoms with E-state index in [4.69, 9.17) is 4.74 Å². The van der Waals surface area contributed by atoms with Gasteiger partial charge in [0, 0.05) is 25.7 Å². The van der Waals surface area contributed by atoms with Crippen molar-refractivity contribution in [2.75, 3.05) is 31.6 Å². The lowest BCUT2D eigenvalue weighted by Gasteiger charge is -2.30. The number of H-pyrrole nitrogens is 1. The first-order chi connectivity index (χ1) is 10.2. The van der Waals surface area contributed by atoms with Crippen LogP contribution in [0, 0.1) is 5.82 Å². The van der Waals surface area contributed by atoms with E-state index in [0.29, 0.717) is 29.1 Å². The van der Waals surface area contributed by atoms with Crippen molar-refractivity contribution in [3.63, 3.8) is 0 Å². The Morgan fingerprint density at radius 3 is 3.05 bits per heavy atom. The summed E-state index contributed by atoms with van der Waals surface area (Å²) in [6, 6.07) is 5.07. The van der Waals surface area contributed by atoms with Crippen LogP contribution in [0.5, 0.6) is 5.75 Å². The Balaban J connectivity index is 1.92. The molecule has 1 atom stereocenters. The molecule has 0 unspecified atom stereocenters. The van der Waals surface area contributed by atoms with Crippen LogP contribution in [0.1, 0.15) is 6.92 Å². The zero-order chi connectivity index (χ0) is 14.8. The van der Waals surface area contributed by atoms with Crippen LogP contribution in [0.4, 0.5) is 10.3 Å². The number of aromatic nitrogens is 3. The first kappa shape index (κ1) is 13.8. The van der Waals surface area contributed by atoms with Gasteiger partial charge in [0.2, 0.25) is 5.95 Å². The number of hydrogen-bond donors (Lipinski definition) is 2. The lowest BCUT2D eigenvalue weighted by molar-refractivity contribution is 0.413. The molecule has 1 aromatic heterocycles. The molecule has 0 aliphatic carbocycles. The number of methoxy groups -OCH3 is 1. The van der Waals surface area contributed by atoms with Crippen LogP contribution in [0.25, 0.3) is 11.4 Å². The van der Waals surface area contributed by atoms with Crippen molar-refractivity contribution in [2.24, 2.45) is 0 Å². The molecule has 1 aliphatic rings. The van der Waals surface area contributed by atoms with Crippen molar-refractivity contribution >= 4 is 5.95 Å². The number of anilines is 1. The second-order valence-corrected chi connectivity index (χ2v) is 5.10. The molecule has 1 aliphatic heterocycles. The van der Waals surface area contributed by atoms with Gasteiger partial charge in [0.05, 0.1) is 12.7 Å². The molecular weight excluding hydrogens is 273 g/mol. The van der Waals surface area contributed by atoms with Gasteiger partial charge in [-0.25, -0.2) is 4.39 Å². The summed E-state index contributed by atoms with van der Waals surface area (Å²) in [6.07, 6.45) is 0. The van der Waals surface area contributed by atoms with E-state index in [1.807, 2.05) is 0 Å². The van der Waals surface area contributed by atoms with Gasteiger partial charge in [0.1, 0.15) is 11.6 Å². The number of aromatic amines is 1. The van der Waals surface area contributed by atoms with Crippen molar-refractivity contribution in [1.29, 1.82) is 0 Å². The molecule has 2 aromatic rings. The number of halogens is 1. The van der Waals surface area contributed by atoms with Gasteiger partial charge in [-0.1, -0.05) is 6.07 Å². The summed E-state index contributed by atoms with van der Waals surface area (Å²) >= 11 is 0. The molecule has 0 radical (unpaired) electrons. The maximum Gasteiger partial charge on any atom is 0.245 e. The standard InChI is InChI=1S/C14H18FN5O/c1-9-8-20(7-6-16-9)14-17-13(18-19-14)12-10(15)4-3-5-11(12)21-2/h3-5,9,16H,6-8H2,1-2H3,(H,17,18,19)/t9-/m0/s1. The topological polar surface area (TPSA) is 66.1 Å². The average molecular weight is 291 g/mol. The number of nitrogens with zero attached hydrogens (tertiary/aromatic N) is 3. The van der Waals surface area contributed by atoms with Crippen molar-refractivity contribution in [3.8, 4) is 17.1 Å². The van der Waals surface area contributed by atoms with Crippen molar-refractivity contribution in [3.05, 3.63) is 24.0 Å². The fraction of sp³-hybridized carbons (Fsp3) is 0.429. The fourth-order valence-corrected chi connectivity index (χ4v) is 2.52. The predicted molar refractivity (Wildman–Crippen MR) is 78.0 cm³/mol. The van der Waals surface area contributed by atoms with Gasteiger partial charge in [0.15, 0.2) is 5.82 Å². The molecule has 6 nitrogen and oxygen atoms in total. The highest BCUT2D eigenvalue weighted by Crippen LogP contribution is 2.30. The third-order valence-corrected chi connectivity index (χ3v) is 3.56. The Hall–Kier alpha value is -2.15. The number of nitrogens with one attached hydrogen (secondary N) is 2. The maximum absolute atomic E-state index is 14.0. The number of hydrogen-bond acceptors (Lipinski definition) is 5. The van der Waals surface area contributed by atoms with Crippen molar-refractivity contribution < 1.29 is 9.13 Å². The molecule has 2 heterocycles. The van der Waals surface area contributed by atoms with Crippen LogP contribution in [-0.2, 0) is 0 Å². The molecule has 112 valence electrons. The van der Waals surface area contributed by atoms with Gasteiger partial charge in [-0.15, -0.1) is 5.10 Å². The molecule has 1 fully saturated rings.